The number of nitrogens with zero attached hydrogens (tertiary/aromatic N) is 2. The van der Waals surface area contributed by atoms with E-state index in [1.807, 2.05) is 51.1 Å². The second-order valence-corrected chi connectivity index (χ2v) is 12.9. The van der Waals surface area contributed by atoms with Crippen LogP contribution >= 0.6 is 11.6 Å². The van der Waals surface area contributed by atoms with Crippen LogP contribution in [0, 0.1) is 6.92 Å². The first kappa shape index (κ1) is 33.6. The van der Waals surface area contributed by atoms with Crippen LogP contribution in [0.15, 0.2) is 108 Å². The van der Waals surface area contributed by atoms with Gasteiger partial charge in [0.15, 0.2) is 0 Å². The lowest BCUT2D eigenvalue weighted by molar-refractivity contribution is -0.140. The molecule has 2 amide bonds. The van der Waals surface area contributed by atoms with Crippen molar-refractivity contribution in [2.75, 3.05) is 17.4 Å². The molecule has 0 heterocycles. The Kier molecular flexibility index (Phi) is 11.6. The summed E-state index contributed by atoms with van der Waals surface area (Å²) < 4.78 is 35.2. The van der Waals surface area contributed by atoms with Gasteiger partial charge in [-0.05, 0) is 86.0 Å². The molecule has 0 aliphatic carbocycles. The molecule has 4 aromatic carbocycles. The van der Waals surface area contributed by atoms with Gasteiger partial charge in [-0.15, -0.1) is 0 Å². The standard InChI is InChI=1S/C35H38ClN3O5S/c1-4-23-37-35(41)33(5-2)38(24-27-13-15-28(36)16-14-27)34(40)25-39(45(42,43)32-21-11-26(3)12-22-32)29-17-19-31(20-18-29)44-30-9-7-6-8-10-30/h6-22,33H,4-5,23-25H2,1-3H3,(H,37,41)/t33-/m1/s1. The minimum Gasteiger partial charge on any atom is -0.457 e. The molecule has 0 saturated heterocycles. The summed E-state index contributed by atoms with van der Waals surface area (Å²) in [7, 11) is -4.19. The van der Waals surface area contributed by atoms with Gasteiger partial charge >= 0.3 is 0 Å². The van der Waals surface area contributed by atoms with Crippen molar-refractivity contribution < 1.29 is 22.7 Å². The van der Waals surface area contributed by atoms with Gasteiger partial charge in [0.25, 0.3) is 10.0 Å². The minimum absolute atomic E-state index is 0.0440. The molecule has 4 rings (SSSR count). The lowest BCUT2D eigenvalue weighted by Crippen LogP contribution is -2.52. The highest BCUT2D eigenvalue weighted by Gasteiger charge is 2.33. The third-order valence-corrected chi connectivity index (χ3v) is 9.23. The van der Waals surface area contributed by atoms with Gasteiger partial charge in [0.05, 0.1) is 10.6 Å². The lowest BCUT2D eigenvalue weighted by atomic mass is 10.1. The first-order valence-corrected chi connectivity index (χ1v) is 16.7. The summed E-state index contributed by atoms with van der Waals surface area (Å²) in [5, 5.41) is 3.43. The monoisotopic (exact) mass is 647 g/mol. The summed E-state index contributed by atoms with van der Waals surface area (Å²) in [6.45, 7) is 5.67. The van der Waals surface area contributed by atoms with Crippen molar-refractivity contribution in [3.63, 3.8) is 0 Å². The fraction of sp³-hybridized carbons (Fsp3) is 0.257. The smallest absolute Gasteiger partial charge is 0.264 e. The summed E-state index contributed by atoms with van der Waals surface area (Å²) in [5.74, 6) is 0.321. The van der Waals surface area contributed by atoms with Crippen molar-refractivity contribution in [2.24, 2.45) is 0 Å². The average molecular weight is 648 g/mol. The number of rotatable bonds is 14. The van der Waals surface area contributed by atoms with E-state index in [-0.39, 0.29) is 23.0 Å². The van der Waals surface area contributed by atoms with Gasteiger partial charge in [0.1, 0.15) is 24.1 Å². The molecule has 45 heavy (non-hydrogen) atoms. The Morgan fingerprint density at radius 1 is 0.844 bits per heavy atom. The van der Waals surface area contributed by atoms with Gasteiger partial charge in [0, 0.05) is 18.1 Å². The highest BCUT2D eigenvalue weighted by Crippen LogP contribution is 2.29. The number of hydrogen-bond donors (Lipinski definition) is 1. The molecule has 8 nitrogen and oxygen atoms in total. The van der Waals surface area contributed by atoms with E-state index in [0.717, 1.165) is 21.9 Å². The molecule has 0 saturated carbocycles. The number of carbonyl (C=O) groups is 2. The van der Waals surface area contributed by atoms with Gasteiger partial charge < -0.3 is 15.0 Å². The molecular formula is C35H38ClN3O5S. The van der Waals surface area contributed by atoms with Crippen LogP contribution < -0.4 is 14.4 Å². The number of amides is 2. The molecule has 10 heteroatoms. The Morgan fingerprint density at radius 3 is 2.07 bits per heavy atom. The Hall–Kier alpha value is -4.34. The summed E-state index contributed by atoms with van der Waals surface area (Å²) in [6, 6.07) is 28.4. The summed E-state index contributed by atoms with van der Waals surface area (Å²) in [4.78, 5) is 28.9. The highest BCUT2D eigenvalue weighted by atomic mass is 35.5. The van der Waals surface area contributed by atoms with E-state index < -0.39 is 28.5 Å². The van der Waals surface area contributed by atoms with Crippen LogP contribution in [0.1, 0.15) is 37.8 Å². The van der Waals surface area contributed by atoms with E-state index >= 15 is 0 Å². The quantitative estimate of drug-likeness (QED) is 0.159. The molecule has 0 radical (unpaired) electrons. The molecule has 1 N–H and O–H groups in total. The Labute approximate surface area is 270 Å². The number of sulfonamides is 1. The normalized spacial score (nSPS) is 11.8. The molecule has 0 bridgehead atoms. The van der Waals surface area contributed by atoms with Crippen molar-refractivity contribution in [1.82, 2.24) is 10.2 Å². The Bertz CT molecular complexity index is 1660. The maximum absolute atomic E-state index is 14.2. The molecule has 0 aromatic heterocycles. The fourth-order valence-electron chi connectivity index (χ4n) is 4.74. The molecule has 0 spiro atoms. The molecule has 0 unspecified atom stereocenters. The van der Waals surface area contributed by atoms with Crippen molar-refractivity contribution in [2.45, 2.75) is 51.1 Å². The predicted octanol–water partition coefficient (Wildman–Crippen LogP) is 6.97. The lowest BCUT2D eigenvalue weighted by Gasteiger charge is -2.33. The number of benzene rings is 4. The zero-order chi connectivity index (χ0) is 32.4. The third-order valence-electron chi connectivity index (χ3n) is 7.19. The molecule has 0 aliphatic rings. The molecular weight excluding hydrogens is 610 g/mol. The Balaban J connectivity index is 1.71. The van der Waals surface area contributed by atoms with Crippen molar-refractivity contribution in [3.05, 3.63) is 119 Å². The van der Waals surface area contributed by atoms with Crippen LogP contribution in [0.25, 0.3) is 0 Å². The van der Waals surface area contributed by atoms with Gasteiger partial charge in [-0.1, -0.05) is 73.5 Å². The number of para-hydroxylation sites is 1. The molecule has 4 aromatic rings. The number of nitrogens with one attached hydrogen (secondary N) is 1. The average Bonchev–Trinajstić information content (AvgIpc) is 3.04. The zero-order valence-electron chi connectivity index (χ0n) is 25.6. The van der Waals surface area contributed by atoms with Crippen LogP contribution in [0.5, 0.6) is 11.5 Å². The van der Waals surface area contributed by atoms with E-state index in [2.05, 4.69) is 5.32 Å². The summed E-state index contributed by atoms with van der Waals surface area (Å²) in [6.07, 6.45) is 1.07. The number of ether oxygens (including phenoxy) is 1. The van der Waals surface area contributed by atoms with Crippen LogP contribution in [-0.4, -0.2) is 44.3 Å². The largest absolute Gasteiger partial charge is 0.457 e. The fourth-order valence-corrected chi connectivity index (χ4v) is 6.28. The first-order valence-electron chi connectivity index (χ1n) is 14.9. The predicted molar refractivity (Wildman–Crippen MR) is 178 cm³/mol. The van der Waals surface area contributed by atoms with Crippen LogP contribution in [0.4, 0.5) is 5.69 Å². The van der Waals surface area contributed by atoms with E-state index in [9.17, 15) is 18.0 Å². The number of aryl methyl sites for hydroxylation is 1. The second-order valence-electron chi connectivity index (χ2n) is 10.6. The maximum Gasteiger partial charge on any atom is 0.264 e. The Morgan fingerprint density at radius 2 is 1.47 bits per heavy atom. The third kappa shape index (κ3) is 8.86. The van der Waals surface area contributed by atoms with Crippen molar-refractivity contribution >= 4 is 39.1 Å². The van der Waals surface area contributed by atoms with Gasteiger partial charge in [-0.25, -0.2) is 8.42 Å². The number of halogens is 1. The van der Waals surface area contributed by atoms with Crippen LogP contribution in [0.2, 0.25) is 5.02 Å². The van der Waals surface area contributed by atoms with E-state index in [1.165, 1.54) is 17.0 Å². The highest BCUT2D eigenvalue weighted by molar-refractivity contribution is 7.92. The van der Waals surface area contributed by atoms with Crippen LogP contribution in [-0.2, 0) is 26.2 Å². The maximum atomic E-state index is 14.2. The van der Waals surface area contributed by atoms with Gasteiger partial charge in [-0.2, -0.15) is 0 Å². The van der Waals surface area contributed by atoms with E-state index in [4.69, 9.17) is 16.3 Å². The van der Waals surface area contributed by atoms with E-state index in [0.29, 0.717) is 29.5 Å². The zero-order valence-corrected chi connectivity index (χ0v) is 27.2. The van der Waals surface area contributed by atoms with Gasteiger partial charge in [-0.3, -0.25) is 13.9 Å². The van der Waals surface area contributed by atoms with Crippen LogP contribution in [0.3, 0.4) is 0 Å². The van der Waals surface area contributed by atoms with Crippen molar-refractivity contribution in [1.29, 1.82) is 0 Å². The second kappa shape index (κ2) is 15.6. The topological polar surface area (TPSA) is 96.0 Å². The number of anilines is 1. The molecule has 1 atom stereocenters. The number of hydrogen-bond acceptors (Lipinski definition) is 5. The molecule has 0 fully saturated rings. The first-order chi connectivity index (χ1) is 21.6. The van der Waals surface area contributed by atoms with Crippen molar-refractivity contribution in [3.8, 4) is 11.5 Å². The molecule has 236 valence electrons. The van der Waals surface area contributed by atoms with E-state index in [1.54, 1.807) is 60.7 Å². The SMILES string of the molecule is CCCNC(=O)[C@@H](CC)N(Cc1ccc(Cl)cc1)C(=O)CN(c1ccc(Oc2ccccc2)cc1)S(=O)(=O)c1ccc(C)cc1. The van der Waals surface area contributed by atoms with Gasteiger partial charge in [0.2, 0.25) is 11.8 Å². The minimum atomic E-state index is -4.19. The summed E-state index contributed by atoms with van der Waals surface area (Å²) >= 11 is 6.09. The number of carbonyl (C=O) groups excluding carboxylic acids is 2. The summed E-state index contributed by atoms with van der Waals surface area (Å²) in [5.41, 5.74) is 1.93. The molecule has 0 aliphatic heterocycles.